The Morgan fingerprint density at radius 2 is 2.03 bits per heavy atom. The van der Waals surface area contributed by atoms with Crippen LogP contribution >= 0.6 is 0 Å². The molecule has 2 aliphatic heterocycles. The normalized spacial score (nSPS) is 18.6. The smallest absolute Gasteiger partial charge is 0.322 e. The minimum absolute atomic E-state index is 0.0967. The van der Waals surface area contributed by atoms with Crippen molar-refractivity contribution >= 4 is 11.9 Å². The first-order valence-corrected chi connectivity index (χ1v) is 9.37. The van der Waals surface area contributed by atoms with Gasteiger partial charge in [-0.25, -0.2) is 4.79 Å². The number of hydrogen-bond acceptors (Lipinski definition) is 4. The van der Waals surface area contributed by atoms with Crippen molar-refractivity contribution in [2.24, 2.45) is 0 Å². The molecule has 7 heteroatoms. The molecule has 1 aromatic heterocycles. The Balaban J connectivity index is 1.69. The zero-order chi connectivity index (χ0) is 20.4. The van der Waals surface area contributed by atoms with E-state index >= 15 is 0 Å². The average molecular weight is 390 g/mol. The summed E-state index contributed by atoms with van der Waals surface area (Å²) in [7, 11) is 1.60. The molecule has 7 nitrogen and oxygen atoms in total. The maximum atomic E-state index is 13.3. The van der Waals surface area contributed by atoms with Crippen molar-refractivity contribution < 1.29 is 14.3 Å². The number of hydrogen-bond donors (Lipinski definition) is 1. The van der Waals surface area contributed by atoms with Crippen molar-refractivity contribution in [1.82, 2.24) is 20.1 Å². The predicted molar refractivity (Wildman–Crippen MR) is 108 cm³/mol. The molecule has 1 aromatic carbocycles. The fourth-order valence-electron chi connectivity index (χ4n) is 3.73. The van der Waals surface area contributed by atoms with Crippen molar-refractivity contribution in [3.05, 3.63) is 83.8 Å². The fourth-order valence-corrected chi connectivity index (χ4v) is 3.73. The van der Waals surface area contributed by atoms with E-state index in [1.807, 2.05) is 42.5 Å². The molecule has 3 amide bonds. The molecule has 0 saturated heterocycles. The molecule has 0 aliphatic carbocycles. The van der Waals surface area contributed by atoms with E-state index < -0.39 is 6.04 Å². The monoisotopic (exact) mass is 390 g/mol. The molecule has 4 rings (SSSR count). The number of amides is 3. The SMILES string of the molecule is C=CCN1C(=O)NC(c2ccc(OC)cc2)C2=C1CN(Cc1ccccn1)C2=O. The van der Waals surface area contributed by atoms with Crippen LogP contribution in [0.4, 0.5) is 4.79 Å². The number of urea groups is 1. The molecule has 0 saturated carbocycles. The van der Waals surface area contributed by atoms with Crippen LogP contribution in [0.2, 0.25) is 0 Å². The van der Waals surface area contributed by atoms with Gasteiger partial charge in [0, 0.05) is 12.7 Å². The summed E-state index contributed by atoms with van der Waals surface area (Å²) >= 11 is 0. The van der Waals surface area contributed by atoms with E-state index in [0.29, 0.717) is 31.0 Å². The lowest BCUT2D eigenvalue weighted by Gasteiger charge is -2.33. The molecule has 29 heavy (non-hydrogen) atoms. The minimum atomic E-state index is -0.509. The van der Waals surface area contributed by atoms with Gasteiger partial charge in [0.25, 0.3) is 5.91 Å². The molecule has 1 N–H and O–H groups in total. The molecule has 0 bridgehead atoms. The quantitative estimate of drug-likeness (QED) is 0.770. The second-order valence-corrected chi connectivity index (χ2v) is 6.90. The van der Waals surface area contributed by atoms with E-state index in [1.54, 1.807) is 29.2 Å². The van der Waals surface area contributed by atoms with Crippen LogP contribution in [-0.4, -0.2) is 46.9 Å². The summed E-state index contributed by atoms with van der Waals surface area (Å²) in [4.78, 5) is 33.7. The largest absolute Gasteiger partial charge is 0.497 e. The van der Waals surface area contributed by atoms with Gasteiger partial charge in [-0.1, -0.05) is 24.3 Å². The first-order chi connectivity index (χ1) is 14.1. The number of carbonyl (C=O) groups is 2. The van der Waals surface area contributed by atoms with Crippen LogP contribution in [0.5, 0.6) is 5.75 Å². The van der Waals surface area contributed by atoms with Gasteiger partial charge in [0.05, 0.1) is 43.2 Å². The number of methoxy groups -OCH3 is 1. The summed E-state index contributed by atoms with van der Waals surface area (Å²) < 4.78 is 5.22. The number of carbonyl (C=O) groups excluding carboxylic acids is 2. The van der Waals surface area contributed by atoms with Crippen molar-refractivity contribution in [1.29, 1.82) is 0 Å². The molecule has 1 unspecified atom stereocenters. The number of nitrogens with one attached hydrogen (secondary N) is 1. The van der Waals surface area contributed by atoms with Gasteiger partial charge in [-0.05, 0) is 29.8 Å². The van der Waals surface area contributed by atoms with Gasteiger partial charge in [0.2, 0.25) is 0 Å². The molecule has 2 aliphatic rings. The zero-order valence-corrected chi connectivity index (χ0v) is 16.2. The van der Waals surface area contributed by atoms with Crippen LogP contribution in [0.15, 0.2) is 72.6 Å². The maximum absolute atomic E-state index is 13.3. The molecule has 0 fully saturated rings. The topological polar surface area (TPSA) is 74.8 Å². The third-order valence-corrected chi connectivity index (χ3v) is 5.14. The van der Waals surface area contributed by atoms with Crippen molar-refractivity contribution in [3.8, 4) is 5.75 Å². The number of pyridine rings is 1. The van der Waals surface area contributed by atoms with E-state index in [0.717, 1.165) is 17.0 Å². The van der Waals surface area contributed by atoms with Gasteiger partial charge < -0.3 is 15.0 Å². The van der Waals surface area contributed by atoms with Crippen LogP contribution < -0.4 is 10.1 Å². The summed E-state index contributed by atoms with van der Waals surface area (Å²) in [6, 6.07) is 12.3. The molecule has 148 valence electrons. The third-order valence-electron chi connectivity index (χ3n) is 5.14. The van der Waals surface area contributed by atoms with Gasteiger partial charge >= 0.3 is 6.03 Å². The summed E-state index contributed by atoms with van der Waals surface area (Å²) in [5, 5.41) is 2.97. The lowest BCUT2D eigenvalue weighted by atomic mass is 9.95. The fraction of sp³-hybridized carbons (Fsp3) is 0.227. The second kappa shape index (κ2) is 7.79. The minimum Gasteiger partial charge on any atom is -0.497 e. The van der Waals surface area contributed by atoms with E-state index in [4.69, 9.17) is 4.74 Å². The van der Waals surface area contributed by atoms with Crippen molar-refractivity contribution in [2.45, 2.75) is 12.6 Å². The van der Waals surface area contributed by atoms with E-state index in [9.17, 15) is 9.59 Å². The van der Waals surface area contributed by atoms with Gasteiger partial charge in [-0.15, -0.1) is 6.58 Å². The standard InChI is InChI=1S/C22H22N4O3/c1-3-12-26-18-14-25(13-16-6-4-5-11-23-16)21(27)19(18)20(24-22(26)28)15-7-9-17(29-2)10-8-15/h3-11,20H,1,12-14H2,2H3,(H,24,28). The lowest BCUT2D eigenvalue weighted by Crippen LogP contribution is -2.47. The van der Waals surface area contributed by atoms with Crippen LogP contribution in [0.3, 0.4) is 0 Å². The highest BCUT2D eigenvalue weighted by molar-refractivity contribution is 6.01. The Morgan fingerprint density at radius 3 is 2.69 bits per heavy atom. The molecule has 0 spiro atoms. The summed E-state index contributed by atoms with van der Waals surface area (Å²) in [6.45, 7) is 4.82. The molecule has 1 atom stereocenters. The number of rotatable bonds is 6. The lowest BCUT2D eigenvalue weighted by molar-refractivity contribution is -0.126. The average Bonchev–Trinajstić information content (AvgIpc) is 3.07. The maximum Gasteiger partial charge on any atom is 0.322 e. The van der Waals surface area contributed by atoms with Gasteiger partial charge in [0.1, 0.15) is 5.75 Å². The van der Waals surface area contributed by atoms with Crippen LogP contribution in [-0.2, 0) is 11.3 Å². The van der Waals surface area contributed by atoms with Crippen LogP contribution in [0.1, 0.15) is 17.3 Å². The van der Waals surface area contributed by atoms with Crippen LogP contribution in [0.25, 0.3) is 0 Å². The summed E-state index contributed by atoms with van der Waals surface area (Å²) in [5.74, 6) is 0.619. The number of ether oxygens (including phenoxy) is 1. The molecule has 3 heterocycles. The van der Waals surface area contributed by atoms with Gasteiger partial charge in [-0.3, -0.25) is 14.7 Å². The number of aromatic nitrogens is 1. The van der Waals surface area contributed by atoms with Crippen molar-refractivity contribution in [2.75, 3.05) is 20.2 Å². The molecule has 2 aromatic rings. The Kier molecular flexibility index (Phi) is 5.03. The Labute approximate surface area is 169 Å². The highest BCUT2D eigenvalue weighted by Crippen LogP contribution is 2.37. The predicted octanol–water partition coefficient (Wildman–Crippen LogP) is 2.64. The first kappa shape index (κ1) is 18.7. The third kappa shape index (κ3) is 3.47. The molecule has 0 radical (unpaired) electrons. The van der Waals surface area contributed by atoms with E-state index in [-0.39, 0.29) is 11.9 Å². The van der Waals surface area contributed by atoms with Gasteiger partial charge in [-0.2, -0.15) is 0 Å². The summed E-state index contributed by atoms with van der Waals surface area (Å²) in [6.07, 6.45) is 3.36. The highest BCUT2D eigenvalue weighted by Gasteiger charge is 2.43. The van der Waals surface area contributed by atoms with E-state index in [1.165, 1.54) is 0 Å². The van der Waals surface area contributed by atoms with Gasteiger partial charge in [0.15, 0.2) is 0 Å². The Morgan fingerprint density at radius 1 is 1.24 bits per heavy atom. The summed E-state index contributed by atoms with van der Waals surface area (Å²) in [5.41, 5.74) is 2.94. The van der Waals surface area contributed by atoms with E-state index in [2.05, 4.69) is 16.9 Å². The Hall–Kier alpha value is -3.61. The Bertz CT molecular complexity index is 969. The van der Waals surface area contributed by atoms with Crippen LogP contribution in [0, 0.1) is 0 Å². The first-order valence-electron chi connectivity index (χ1n) is 9.37. The van der Waals surface area contributed by atoms with Crippen molar-refractivity contribution in [3.63, 3.8) is 0 Å². The highest BCUT2D eigenvalue weighted by atomic mass is 16.5. The second-order valence-electron chi connectivity index (χ2n) is 6.90. The number of nitrogens with zero attached hydrogens (tertiary/aromatic N) is 3. The molecular weight excluding hydrogens is 368 g/mol. The number of benzene rings is 1. The zero-order valence-electron chi connectivity index (χ0n) is 16.2. The molecular formula is C22H22N4O3.